The molecule has 6 nitrogen and oxygen atoms in total. The Balaban J connectivity index is 1.69. The molecule has 1 aromatic rings. The molecular formula is C17H23N3O3. The van der Waals surface area contributed by atoms with Crippen LogP contribution in [0.25, 0.3) is 0 Å². The van der Waals surface area contributed by atoms with E-state index in [4.69, 9.17) is 4.74 Å². The van der Waals surface area contributed by atoms with Gasteiger partial charge >= 0.3 is 6.03 Å². The largest absolute Gasteiger partial charge is 0.380 e. The fourth-order valence-electron chi connectivity index (χ4n) is 3.37. The number of amides is 3. The lowest BCUT2D eigenvalue weighted by atomic mass is 10.0. The Hall–Kier alpha value is -2.08. The van der Waals surface area contributed by atoms with Crippen LogP contribution in [0.4, 0.5) is 4.79 Å². The van der Waals surface area contributed by atoms with E-state index in [1.807, 2.05) is 34.1 Å². The molecule has 23 heavy (non-hydrogen) atoms. The van der Waals surface area contributed by atoms with Gasteiger partial charge in [-0.15, -0.1) is 0 Å². The van der Waals surface area contributed by atoms with Crippen molar-refractivity contribution in [2.75, 3.05) is 33.3 Å². The van der Waals surface area contributed by atoms with Gasteiger partial charge in [0.25, 0.3) is 5.91 Å². The molecule has 3 rings (SSSR count). The number of rotatable bonds is 4. The fraction of sp³-hybridized carbons (Fsp3) is 0.529. The van der Waals surface area contributed by atoms with Crippen molar-refractivity contribution in [3.63, 3.8) is 0 Å². The molecule has 0 spiro atoms. The first-order valence-electron chi connectivity index (χ1n) is 8.10. The van der Waals surface area contributed by atoms with E-state index >= 15 is 0 Å². The number of piperidine rings is 1. The molecule has 2 fully saturated rings. The van der Waals surface area contributed by atoms with Crippen LogP contribution in [0.15, 0.2) is 24.3 Å². The molecule has 0 radical (unpaired) electrons. The predicted octanol–water partition coefficient (Wildman–Crippen LogP) is 1.46. The van der Waals surface area contributed by atoms with Crippen molar-refractivity contribution in [1.82, 2.24) is 15.1 Å². The molecule has 0 saturated carbocycles. The molecule has 3 amide bonds. The number of hydrogen-bond donors (Lipinski definition) is 1. The number of benzene rings is 1. The maximum absolute atomic E-state index is 12.8. The van der Waals surface area contributed by atoms with E-state index in [1.165, 1.54) is 0 Å². The zero-order chi connectivity index (χ0) is 16.2. The summed E-state index contributed by atoms with van der Waals surface area (Å²) < 4.78 is 5.13. The van der Waals surface area contributed by atoms with Gasteiger partial charge in [0.05, 0.1) is 12.6 Å². The summed E-state index contributed by atoms with van der Waals surface area (Å²) in [6.45, 7) is 3.29. The average Bonchev–Trinajstić information content (AvgIpc) is 3.01. The van der Waals surface area contributed by atoms with Gasteiger partial charge in [0.1, 0.15) is 0 Å². The van der Waals surface area contributed by atoms with E-state index in [2.05, 4.69) is 5.32 Å². The molecule has 0 bridgehead atoms. The second kappa shape index (κ2) is 7.00. The molecule has 2 aliphatic rings. The number of methoxy groups -OCH3 is 1. The number of likely N-dealkylation sites (tertiary alicyclic amines) is 1. The summed E-state index contributed by atoms with van der Waals surface area (Å²) in [6.07, 6.45) is 1.89. The standard InChI is InChI=1S/C17H23N3O3/c1-23-12-13-4-2-5-14(10-13)16(21)19-8-3-6-15(11-19)20-9-7-18-17(20)22/h2,4-5,10,15H,3,6-9,11-12H2,1H3,(H,18,22). The Morgan fingerprint density at radius 1 is 1.39 bits per heavy atom. The first-order valence-corrected chi connectivity index (χ1v) is 8.10. The lowest BCUT2D eigenvalue weighted by Gasteiger charge is -2.37. The van der Waals surface area contributed by atoms with Crippen LogP contribution in [0.5, 0.6) is 0 Å². The normalized spacial score (nSPS) is 21.4. The SMILES string of the molecule is COCc1cccc(C(=O)N2CCCC(N3CCNC3=O)C2)c1. The predicted molar refractivity (Wildman–Crippen MR) is 86.2 cm³/mol. The smallest absolute Gasteiger partial charge is 0.317 e. The van der Waals surface area contributed by atoms with Gasteiger partial charge in [-0.2, -0.15) is 0 Å². The average molecular weight is 317 g/mol. The van der Waals surface area contributed by atoms with Crippen LogP contribution in [0, 0.1) is 0 Å². The van der Waals surface area contributed by atoms with Crippen molar-refractivity contribution >= 4 is 11.9 Å². The molecule has 0 aromatic heterocycles. The highest BCUT2D eigenvalue weighted by Crippen LogP contribution is 2.20. The van der Waals surface area contributed by atoms with E-state index in [-0.39, 0.29) is 18.0 Å². The monoisotopic (exact) mass is 317 g/mol. The van der Waals surface area contributed by atoms with Gasteiger partial charge in [0.15, 0.2) is 0 Å². The van der Waals surface area contributed by atoms with Crippen LogP contribution in [-0.4, -0.2) is 61.1 Å². The minimum absolute atomic E-state index is 0.00797. The first kappa shape index (κ1) is 15.8. The quantitative estimate of drug-likeness (QED) is 0.914. The number of carbonyl (C=O) groups is 2. The lowest BCUT2D eigenvalue weighted by Crippen LogP contribution is -2.50. The molecule has 0 aliphatic carbocycles. The van der Waals surface area contributed by atoms with E-state index in [9.17, 15) is 9.59 Å². The Kier molecular flexibility index (Phi) is 4.81. The van der Waals surface area contributed by atoms with Gasteiger partial charge in [-0.3, -0.25) is 4.79 Å². The zero-order valence-corrected chi connectivity index (χ0v) is 13.5. The molecule has 1 unspecified atom stereocenters. The van der Waals surface area contributed by atoms with Crippen molar-refractivity contribution in [1.29, 1.82) is 0 Å². The Morgan fingerprint density at radius 3 is 3.00 bits per heavy atom. The van der Waals surface area contributed by atoms with Crippen molar-refractivity contribution < 1.29 is 14.3 Å². The highest BCUT2D eigenvalue weighted by atomic mass is 16.5. The number of hydrogen-bond acceptors (Lipinski definition) is 3. The van der Waals surface area contributed by atoms with Crippen molar-refractivity contribution in [2.24, 2.45) is 0 Å². The molecule has 6 heteroatoms. The van der Waals surface area contributed by atoms with E-state index < -0.39 is 0 Å². The van der Waals surface area contributed by atoms with Crippen LogP contribution in [0.3, 0.4) is 0 Å². The molecule has 124 valence electrons. The summed E-state index contributed by atoms with van der Waals surface area (Å²) in [5.74, 6) is 0.0345. The molecule has 1 atom stereocenters. The van der Waals surface area contributed by atoms with Gasteiger partial charge in [-0.1, -0.05) is 12.1 Å². The summed E-state index contributed by atoms with van der Waals surface area (Å²) in [5, 5.41) is 2.83. The Labute approximate surface area is 136 Å². The summed E-state index contributed by atoms with van der Waals surface area (Å²) in [5.41, 5.74) is 1.68. The Bertz CT molecular complexity index is 590. The summed E-state index contributed by atoms with van der Waals surface area (Å²) in [7, 11) is 1.64. The van der Waals surface area contributed by atoms with Crippen LogP contribution in [-0.2, 0) is 11.3 Å². The number of nitrogens with zero attached hydrogens (tertiary/aromatic N) is 2. The minimum atomic E-state index is -0.00797. The number of urea groups is 1. The Morgan fingerprint density at radius 2 is 2.26 bits per heavy atom. The van der Waals surface area contributed by atoms with Gasteiger partial charge < -0.3 is 19.9 Å². The second-order valence-electron chi connectivity index (χ2n) is 6.11. The van der Waals surface area contributed by atoms with Gasteiger partial charge in [0, 0.05) is 38.9 Å². The van der Waals surface area contributed by atoms with Crippen LogP contribution in [0.1, 0.15) is 28.8 Å². The van der Waals surface area contributed by atoms with Crippen LogP contribution < -0.4 is 5.32 Å². The third kappa shape index (κ3) is 3.47. The van der Waals surface area contributed by atoms with E-state index in [0.717, 1.165) is 31.5 Å². The van der Waals surface area contributed by atoms with Gasteiger partial charge in [0.2, 0.25) is 0 Å². The summed E-state index contributed by atoms with van der Waals surface area (Å²) in [6, 6.07) is 7.68. The third-order valence-corrected chi connectivity index (χ3v) is 4.50. The summed E-state index contributed by atoms with van der Waals surface area (Å²) in [4.78, 5) is 28.3. The zero-order valence-electron chi connectivity index (χ0n) is 13.5. The van der Waals surface area contributed by atoms with E-state index in [0.29, 0.717) is 25.3 Å². The third-order valence-electron chi connectivity index (χ3n) is 4.50. The lowest BCUT2D eigenvalue weighted by molar-refractivity contribution is 0.0634. The minimum Gasteiger partial charge on any atom is -0.380 e. The topological polar surface area (TPSA) is 61.9 Å². The van der Waals surface area contributed by atoms with E-state index in [1.54, 1.807) is 7.11 Å². The fourth-order valence-corrected chi connectivity index (χ4v) is 3.37. The van der Waals surface area contributed by atoms with Gasteiger partial charge in [-0.05, 0) is 30.5 Å². The summed E-state index contributed by atoms with van der Waals surface area (Å²) >= 11 is 0. The molecule has 1 N–H and O–H groups in total. The molecule has 2 aliphatic heterocycles. The van der Waals surface area contributed by atoms with Crippen molar-refractivity contribution in [3.8, 4) is 0 Å². The van der Waals surface area contributed by atoms with Gasteiger partial charge in [-0.25, -0.2) is 4.79 Å². The maximum atomic E-state index is 12.8. The van der Waals surface area contributed by atoms with Crippen molar-refractivity contribution in [2.45, 2.75) is 25.5 Å². The molecule has 2 heterocycles. The number of ether oxygens (including phenoxy) is 1. The highest BCUT2D eigenvalue weighted by Gasteiger charge is 2.33. The van der Waals surface area contributed by atoms with Crippen molar-refractivity contribution in [3.05, 3.63) is 35.4 Å². The number of nitrogens with one attached hydrogen (secondary N) is 1. The molecular weight excluding hydrogens is 294 g/mol. The van der Waals surface area contributed by atoms with Crippen LogP contribution in [0.2, 0.25) is 0 Å². The highest BCUT2D eigenvalue weighted by molar-refractivity contribution is 5.94. The number of carbonyl (C=O) groups excluding carboxylic acids is 2. The second-order valence-corrected chi connectivity index (χ2v) is 6.11. The molecule has 1 aromatic carbocycles. The maximum Gasteiger partial charge on any atom is 0.317 e. The van der Waals surface area contributed by atoms with Crippen LogP contribution >= 0.6 is 0 Å². The molecule has 2 saturated heterocycles. The first-order chi connectivity index (χ1) is 11.2.